The molecule has 19 heavy (non-hydrogen) atoms. The molecule has 0 saturated carbocycles. The van der Waals surface area contributed by atoms with Gasteiger partial charge < -0.3 is 4.74 Å². The van der Waals surface area contributed by atoms with Gasteiger partial charge in [0.05, 0.1) is 17.1 Å². The van der Waals surface area contributed by atoms with Crippen LogP contribution in [0.1, 0.15) is 37.0 Å². The molecule has 104 valence electrons. The number of rotatable bonds is 6. The molecule has 0 amide bonds. The van der Waals surface area contributed by atoms with E-state index in [-0.39, 0.29) is 22.2 Å². The van der Waals surface area contributed by atoms with Crippen LogP contribution in [-0.4, -0.2) is 17.5 Å². The van der Waals surface area contributed by atoms with Crippen LogP contribution in [0.5, 0.6) is 0 Å². The first-order chi connectivity index (χ1) is 8.95. The van der Waals surface area contributed by atoms with Gasteiger partial charge in [0, 0.05) is 6.07 Å². The minimum atomic E-state index is -0.626. The Morgan fingerprint density at radius 1 is 1.53 bits per heavy atom. The summed E-state index contributed by atoms with van der Waals surface area (Å²) < 4.78 is 5.11. The normalized spacial score (nSPS) is 11.9. The van der Waals surface area contributed by atoms with Gasteiger partial charge in [0.25, 0.3) is 5.69 Å². The van der Waals surface area contributed by atoms with Crippen molar-refractivity contribution in [2.45, 2.75) is 26.7 Å². The van der Waals surface area contributed by atoms with Gasteiger partial charge in [0.2, 0.25) is 0 Å². The Kier molecular flexibility index (Phi) is 5.76. The molecule has 0 aliphatic rings. The predicted octanol–water partition coefficient (Wildman–Crippen LogP) is 3.84. The zero-order valence-corrected chi connectivity index (χ0v) is 11.6. The maximum Gasteiger partial charge on any atom is 0.338 e. The minimum Gasteiger partial charge on any atom is -0.462 e. The van der Waals surface area contributed by atoms with E-state index in [9.17, 15) is 14.9 Å². The summed E-state index contributed by atoms with van der Waals surface area (Å²) in [4.78, 5) is 21.8. The molecule has 0 heterocycles. The summed E-state index contributed by atoms with van der Waals surface area (Å²) >= 11 is 5.67. The quantitative estimate of drug-likeness (QED) is 0.452. The van der Waals surface area contributed by atoms with Crippen molar-refractivity contribution in [2.24, 2.45) is 5.92 Å². The first kappa shape index (κ1) is 15.4. The number of hydrogen-bond donors (Lipinski definition) is 0. The van der Waals surface area contributed by atoms with Gasteiger partial charge in [0.1, 0.15) is 5.02 Å². The van der Waals surface area contributed by atoms with Gasteiger partial charge in [-0.25, -0.2) is 4.79 Å². The van der Waals surface area contributed by atoms with Crippen LogP contribution < -0.4 is 0 Å². The van der Waals surface area contributed by atoms with Crippen molar-refractivity contribution >= 4 is 23.3 Å². The number of benzene rings is 1. The lowest BCUT2D eigenvalue weighted by Crippen LogP contribution is -2.12. The molecule has 0 aliphatic carbocycles. The van der Waals surface area contributed by atoms with Crippen molar-refractivity contribution < 1.29 is 14.5 Å². The van der Waals surface area contributed by atoms with E-state index < -0.39 is 10.9 Å². The molecular formula is C13H16ClNO4. The second kappa shape index (κ2) is 7.09. The molecule has 0 aliphatic heterocycles. The van der Waals surface area contributed by atoms with Crippen LogP contribution in [0.15, 0.2) is 18.2 Å². The molecule has 1 rings (SSSR count). The molecule has 1 unspecified atom stereocenters. The molecule has 0 N–H and O–H groups in total. The molecule has 1 atom stereocenters. The highest BCUT2D eigenvalue weighted by atomic mass is 35.5. The van der Waals surface area contributed by atoms with E-state index in [0.29, 0.717) is 6.61 Å². The third-order valence-corrected chi connectivity index (χ3v) is 2.98. The summed E-state index contributed by atoms with van der Waals surface area (Å²) in [7, 11) is 0. The Labute approximate surface area is 116 Å². The Balaban J connectivity index is 2.72. The summed E-state index contributed by atoms with van der Waals surface area (Å²) in [5.74, 6) is -0.293. The lowest BCUT2D eigenvalue weighted by molar-refractivity contribution is -0.384. The van der Waals surface area contributed by atoms with Crippen molar-refractivity contribution in [2.75, 3.05) is 6.61 Å². The van der Waals surface area contributed by atoms with Gasteiger partial charge in [-0.15, -0.1) is 0 Å². The summed E-state index contributed by atoms with van der Waals surface area (Å²) in [6.07, 6.45) is 1.99. The van der Waals surface area contributed by atoms with Crippen LogP contribution in [0.25, 0.3) is 0 Å². The standard InChI is InChI=1S/C13H16ClNO4/c1-3-4-9(2)8-19-13(16)10-5-6-11(14)12(7-10)15(17)18/h5-7,9H,3-4,8H2,1-2H3. The van der Waals surface area contributed by atoms with E-state index in [2.05, 4.69) is 6.92 Å². The van der Waals surface area contributed by atoms with E-state index in [1.54, 1.807) is 0 Å². The predicted molar refractivity (Wildman–Crippen MR) is 72.5 cm³/mol. The van der Waals surface area contributed by atoms with Gasteiger partial charge in [0.15, 0.2) is 0 Å². The SMILES string of the molecule is CCCC(C)COC(=O)c1ccc(Cl)c([N+](=O)[O-])c1. The molecule has 1 aromatic carbocycles. The second-order valence-corrected chi connectivity index (χ2v) is 4.82. The molecule has 0 fully saturated rings. The van der Waals surface area contributed by atoms with Gasteiger partial charge in [-0.3, -0.25) is 10.1 Å². The fourth-order valence-electron chi connectivity index (χ4n) is 1.66. The zero-order valence-electron chi connectivity index (χ0n) is 10.9. The average Bonchev–Trinajstić information content (AvgIpc) is 2.36. The molecule has 0 spiro atoms. The maximum absolute atomic E-state index is 11.8. The highest BCUT2D eigenvalue weighted by Crippen LogP contribution is 2.25. The molecule has 5 nitrogen and oxygen atoms in total. The monoisotopic (exact) mass is 285 g/mol. The average molecular weight is 286 g/mol. The van der Waals surface area contributed by atoms with Crippen LogP contribution in [-0.2, 0) is 4.74 Å². The second-order valence-electron chi connectivity index (χ2n) is 4.42. The zero-order chi connectivity index (χ0) is 14.4. The highest BCUT2D eigenvalue weighted by molar-refractivity contribution is 6.32. The lowest BCUT2D eigenvalue weighted by atomic mass is 10.1. The topological polar surface area (TPSA) is 69.4 Å². The summed E-state index contributed by atoms with van der Waals surface area (Å²) in [5, 5.41) is 10.7. The van der Waals surface area contributed by atoms with Gasteiger partial charge in [-0.1, -0.05) is 31.9 Å². The van der Waals surface area contributed by atoms with Crippen LogP contribution in [0, 0.1) is 16.0 Å². The molecule has 0 saturated heterocycles. The van der Waals surface area contributed by atoms with Crippen LogP contribution in [0.3, 0.4) is 0 Å². The smallest absolute Gasteiger partial charge is 0.338 e. The Hall–Kier alpha value is -1.62. The first-order valence-corrected chi connectivity index (χ1v) is 6.44. The number of hydrogen-bond acceptors (Lipinski definition) is 4. The molecule has 1 aromatic rings. The molecular weight excluding hydrogens is 270 g/mol. The number of nitrogens with zero attached hydrogens (tertiary/aromatic N) is 1. The summed E-state index contributed by atoms with van der Waals surface area (Å²) in [5.41, 5.74) is -0.155. The van der Waals surface area contributed by atoms with Crippen molar-refractivity contribution in [3.63, 3.8) is 0 Å². The van der Waals surface area contributed by atoms with Gasteiger partial charge in [-0.05, 0) is 24.5 Å². The van der Waals surface area contributed by atoms with Gasteiger partial charge in [-0.2, -0.15) is 0 Å². The van der Waals surface area contributed by atoms with Gasteiger partial charge >= 0.3 is 5.97 Å². The molecule has 6 heteroatoms. The van der Waals surface area contributed by atoms with Crippen LogP contribution in [0.4, 0.5) is 5.69 Å². The number of nitro groups is 1. The van der Waals surface area contributed by atoms with Crippen LogP contribution in [0.2, 0.25) is 5.02 Å². The molecule has 0 radical (unpaired) electrons. The third kappa shape index (κ3) is 4.52. The number of halogens is 1. The fourth-order valence-corrected chi connectivity index (χ4v) is 1.84. The highest BCUT2D eigenvalue weighted by Gasteiger charge is 2.17. The Morgan fingerprint density at radius 3 is 2.79 bits per heavy atom. The number of carbonyl (C=O) groups excluding carboxylic acids is 1. The largest absolute Gasteiger partial charge is 0.462 e. The van der Waals surface area contributed by atoms with E-state index in [4.69, 9.17) is 16.3 Å². The Bertz CT molecular complexity index is 476. The fraction of sp³-hybridized carbons (Fsp3) is 0.462. The van der Waals surface area contributed by atoms with E-state index in [0.717, 1.165) is 18.9 Å². The third-order valence-electron chi connectivity index (χ3n) is 2.66. The maximum atomic E-state index is 11.8. The molecule has 0 bridgehead atoms. The number of nitro benzene ring substituents is 1. The lowest BCUT2D eigenvalue weighted by Gasteiger charge is -2.10. The summed E-state index contributed by atoms with van der Waals surface area (Å²) in [6, 6.07) is 3.88. The number of carbonyl (C=O) groups is 1. The van der Waals surface area contributed by atoms with Crippen molar-refractivity contribution in [1.82, 2.24) is 0 Å². The number of esters is 1. The van der Waals surface area contributed by atoms with E-state index in [1.807, 2.05) is 6.92 Å². The minimum absolute atomic E-state index is 0.000834. The van der Waals surface area contributed by atoms with Crippen molar-refractivity contribution in [3.05, 3.63) is 38.9 Å². The van der Waals surface area contributed by atoms with Crippen molar-refractivity contribution in [3.8, 4) is 0 Å². The van der Waals surface area contributed by atoms with E-state index in [1.165, 1.54) is 12.1 Å². The first-order valence-electron chi connectivity index (χ1n) is 6.06. The van der Waals surface area contributed by atoms with E-state index >= 15 is 0 Å². The van der Waals surface area contributed by atoms with Crippen molar-refractivity contribution in [1.29, 1.82) is 0 Å². The number of ether oxygens (including phenoxy) is 1. The Morgan fingerprint density at radius 2 is 2.21 bits per heavy atom. The summed E-state index contributed by atoms with van der Waals surface area (Å²) in [6.45, 7) is 4.35. The molecule has 0 aromatic heterocycles. The van der Waals surface area contributed by atoms with Crippen LogP contribution >= 0.6 is 11.6 Å².